The van der Waals surface area contributed by atoms with Crippen molar-refractivity contribution < 1.29 is 4.74 Å². The van der Waals surface area contributed by atoms with Crippen LogP contribution in [0.1, 0.15) is 58.1 Å². The van der Waals surface area contributed by atoms with E-state index in [1.54, 1.807) is 0 Å². The summed E-state index contributed by atoms with van der Waals surface area (Å²) in [4.78, 5) is 0. The average Bonchev–Trinajstić information content (AvgIpc) is 2.37. The summed E-state index contributed by atoms with van der Waals surface area (Å²) >= 11 is 6.08. The lowest BCUT2D eigenvalue weighted by Crippen LogP contribution is -2.33. The van der Waals surface area contributed by atoms with Crippen LogP contribution in [0.2, 0.25) is 5.02 Å². The predicted octanol–water partition coefficient (Wildman–Crippen LogP) is 4.71. The van der Waals surface area contributed by atoms with E-state index in [1.165, 1.54) is 12.8 Å². The van der Waals surface area contributed by atoms with Crippen molar-refractivity contribution in [2.75, 3.05) is 0 Å². The highest BCUT2D eigenvalue weighted by Gasteiger charge is 2.30. The van der Waals surface area contributed by atoms with Crippen LogP contribution >= 0.6 is 11.6 Å². The quantitative estimate of drug-likeness (QED) is 0.873. The molecule has 1 aromatic rings. The molecule has 2 unspecified atom stereocenters. The molecule has 3 heteroatoms. The molecule has 0 saturated heterocycles. The summed E-state index contributed by atoms with van der Waals surface area (Å²) in [6.07, 6.45) is 4.93. The van der Waals surface area contributed by atoms with E-state index < -0.39 is 0 Å². The van der Waals surface area contributed by atoms with Crippen molar-refractivity contribution >= 4 is 11.6 Å². The molecular formula is C17H26ClNO. The summed E-state index contributed by atoms with van der Waals surface area (Å²) in [7, 11) is 0. The maximum atomic E-state index is 6.30. The largest absolute Gasteiger partial charge is 0.369 e. The van der Waals surface area contributed by atoms with E-state index >= 15 is 0 Å². The molecule has 0 aromatic heterocycles. The number of halogens is 1. The minimum atomic E-state index is -0.0695. The van der Waals surface area contributed by atoms with E-state index in [0.29, 0.717) is 11.5 Å². The second-order valence-electron chi connectivity index (χ2n) is 6.83. The van der Waals surface area contributed by atoms with Crippen molar-refractivity contribution in [3.63, 3.8) is 0 Å². The average molecular weight is 296 g/mol. The summed E-state index contributed by atoms with van der Waals surface area (Å²) in [6.45, 7) is 6.67. The topological polar surface area (TPSA) is 35.2 Å². The molecule has 2 N–H and O–H groups in total. The van der Waals surface area contributed by atoms with Crippen molar-refractivity contribution in [3.8, 4) is 0 Å². The van der Waals surface area contributed by atoms with Gasteiger partial charge in [0.15, 0.2) is 0 Å². The van der Waals surface area contributed by atoms with Gasteiger partial charge in [-0.3, -0.25) is 0 Å². The number of hydrogen-bond donors (Lipinski definition) is 1. The first kappa shape index (κ1) is 15.8. The van der Waals surface area contributed by atoms with E-state index in [-0.39, 0.29) is 12.1 Å². The van der Waals surface area contributed by atoms with E-state index in [1.807, 2.05) is 31.2 Å². The Morgan fingerprint density at radius 3 is 2.50 bits per heavy atom. The van der Waals surface area contributed by atoms with E-state index in [4.69, 9.17) is 22.1 Å². The van der Waals surface area contributed by atoms with Crippen LogP contribution in [0, 0.1) is 5.41 Å². The van der Waals surface area contributed by atoms with Crippen molar-refractivity contribution in [2.45, 2.75) is 64.7 Å². The zero-order valence-electron chi connectivity index (χ0n) is 12.7. The fourth-order valence-corrected chi connectivity index (χ4v) is 3.10. The van der Waals surface area contributed by atoms with Crippen LogP contribution in [0.4, 0.5) is 0 Å². The van der Waals surface area contributed by atoms with Crippen molar-refractivity contribution in [2.24, 2.45) is 11.1 Å². The van der Waals surface area contributed by atoms with Gasteiger partial charge in [-0.25, -0.2) is 0 Å². The molecule has 1 aromatic carbocycles. The predicted molar refractivity (Wildman–Crippen MR) is 85.0 cm³/mol. The lowest BCUT2D eigenvalue weighted by Gasteiger charge is -2.36. The first-order chi connectivity index (χ1) is 9.37. The van der Waals surface area contributed by atoms with Crippen molar-refractivity contribution in [1.82, 2.24) is 0 Å². The molecule has 0 radical (unpaired) electrons. The molecule has 2 rings (SSSR count). The standard InChI is InChI=1S/C17H26ClNO/c1-12(19)16(13-5-4-6-14(18)11-13)20-15-7-9-17(2,3)10-8-15/h4-6,11-12,15-16H,7-10,19H2,1-3H3. The van der Waals surface area contributed by atoms with Gasteiger partial charge in [0.1, 0.15) is 0 Å². The summed E-state index contributed by atoms with van der Waals surface area (Å²) in [6, 6.07) is 7.81. The number of nitrogens with two attached hydrogens (primary N) is 1. The van der Waals surface area contributed by atoms with Gasteiger partial charge in [0.2, 0.25) is 0 Å². The smallest absolute Gasteiger partial charge is 0.0977 e. The summed E-state index contributed by atoms with van der Waals surface area (Å²) in [5, 5.41) is 0.738. The van der Waals surface area contributed by atoms with Crippen LogP contribution in [0.3, 0.4) is 0 Å². The fourth-order valence-electron chi connectivity index (χ4n) is 2.91. The molecule has 0 aliphatic heterocycles. The number of hydrogen-bond acceptors (Lipinski definition) is 2. The molecule has 20 heavy (non-hydrogen) atoms. The third kappa shape index (κ3) is 4.21. The lowest BCUT2D eigenvalue weighted by molar-refractivity contribution is -0.0548. The Morgan fingerprint density at radius 2 is 1.95 bits per heavy atom. The summed E-state index contributed by atoms with van der Waals surface area (Å²) in [5.74, 6) is 0. The lowest BCUT2D eigenvalue weighted by atomic mass is 9.76. The van der Waals surface area contributed by atoms with Crippen molar-refractivity contribution in [1.29, 1.82) is 0 Å². The minimum Gasteiger partial charge on any atom is -0.369 e. The molecular weight excluding hydrogens is 270 g/mol. The number of benzene rings is 1. The van der Waals surface area contributed by atoms with E-state index in [9.17, 15) is 0 Å². The van der Waals surface area contributed by atoms with Crippen LogP contribution in [-0.2, 0) is 4.74 Å². The molecule has 0 spiro atoms. The Kier molecular flexibility index (Phi) is 5.11. The highest BCUT2D eigenvalue weighted by atomic mass is 35.5. The molecule has 0 amide bonds. The molecule has 0 heterocycles. The minimum absolute atomic E-state index is 0.0385. The summed E-state index contributed by atoms with van der Waals surface area (Å²) < 4.78 is 6.30. The van der Waals surface area contributed by atoms with Gasteiger partial charge in [0, 0.05) is 11.1 Å². The number of ether oxygens (including phenoxy) is 1. The number of rotatable bonds is 4. The maximum Gasteiger partial charge on any atom is 0.0977 e. The van der Waals surface area contributed by atoms with Gasteiger partial charge in [-0.2, -0.15) is 0 Å². The molecule has 2 atom stereocenters. The Hall–Kier alpha value is -0.570. The van der Waals surface area contributed by atoms with Gasteiger partial charge < -0.3 is 10.5 Å². The first-order valence-electron chi connectivity index (χ1n) is 7.54. The monoisotopic (exact) mass is 295 g/mol. The van der Waals surface area contributed by atoms with Crippen molar-refractivity contribution in [3.05, 3.63) is 34.9 Å². The van der Waals surface area contributed by atoms with Gasteiger partial charge in [-0.1, -0.05) is 37.6 Å². The maximum absolute atomic E-state index is 6.30. The highest BCUT2D eigenvalue weighted by Crippen LogP contribution is 2.38. The van der Waals surface area contributed by atoms with Crippen LogP contribution < -0.4 is 5.73 Å². The zero-order valence-corrected chi connectivity index (χ0v) is 13.5. The van der Waals surface area contributed by atoms with Crippen LogP contribution in [0.5, 0.6) is 0 Å². The second-order valence-corrected chi connectivity index (χ2v) is 7.27. The molecule has 2 nitrogen and oxygen atoms in total. The van der Waals surface area contributed by atoms with Gasteiger partial charge in [0.05, 0.1) is 12.2 Å². The molecule has 112 valence electrons. The Labute approximate surface area is 127 Å². The van der Waals surface area contributed by atoms with E-state index in [0.717, 1.165) is 23.4 Å². The van der Waals surface area contributed by atoms with Crippen LogP contribution in [-0.4, -0.2) is 12.1 Å². The third-order valence-corrected chi connectivity index (χ3v) is 4.52. The highest BCUT2D eigenvalue weighted by molar-refractivity contribution is 6.30. The summed E-state index contributed by atoms with van der Waals surface area (Å²) in [5.41, 5.74) is 7.66. The Bertz CT molecular complexity index is 434. The van der Waals surface area contributed by atoms with Gasteiger partial charge in [0.25, 0.3) is 0 Å². The second kappa shape index (κ2) is 6.46. The van der Waals surface area contributed by atoms with Gasteiger partial charge in [-0.15, -0.1) is 0 Å². The van der Waals surface area contributed by atoms with E-state index in [2.05, 4.69) is 13.8 Å². The first-order valence-corrected chi connectivity index (χ1v) is 7.92. The molecule has 1 aliphatic carbocycles. The molecule has 1 aliphatic rings. The van der Waals surface area contributed by atoms with Crippen LogP contribution in [0.15, 0.2) is 24.3 Å². The SMILES string of the molecule is CC(N)C(OC1CCC(C)(C)CC1)c1cccc(Cl)c1. The zero-order chi connectivity index (χ0) is 14.8. The third-order valence-electron chi connectivity index (χ3n) is 4.28. The van der Waals surface area contributed by atoms with Crippen LogP contribution in [0.25, 0.3) is 0 Å². The normalized spacial score (nSPS) is 22.4. The fraction of sp³-hybridized carbons (Fsp3) is 0.647. The van der Waals surface area contributed by atoms with Gasteiger partial charge >= 0.3 is 0 Å². The Morgan fingerprint density at radius 1 is 1.30 bits per heavy atom. The van der Waals surface area contributed by atoms with Gasteiger partial charge in [-0.05, 0) is 55.7 Å². The molecule has 0 bridgehead atoms. The molecule has 1 saturated carbocycles. The Balaban J connectivity index is 2.04. The molecule has 1 fully saturated rings.